The lowest BCUT2D eigenvalue weighted by Gasteiger charge is -2.18. The van der Waals surface area contributed by atoms with Crippen molar-refractivity contribution < 1.29 is 9.47 Å². The molecule has 0 amide bonds. The molecular weight excluding hydrogens is 360 g/mol. The lowest BCUT2D eigenvalue weighted by atomic mass is 10.2. The molecule has 142 valence electrons. The Labute approximate surface area is 159 Å². The van der Waals surface area contributed by atoms with Crippen molar-refractivity contribution in [2.24, 2.45) is 0 Å². The second-order valence-corrected chi connectivity index (χ2v) is 6.68. The van der Waals surface area contributed by atoms with Gasteiger partial charge in [-0.2, -0.15) is 10.1 Å². The molecule has 2 bridgehead atoms. The fourth-order valence-electron chi connectivity index (χ4n) is 3.41. The number of aromatic nitrogens is 6. The molecule has 5 rings (SSSR count). The summed E-state index contributed by atoms with van der Waals surface area (Å²) in [5.41, 5.74) is 2.26. The zero-order valence-electron chi connectivity index (χ0n) is 15.2. The van der Waals surface area contributed by atoms with Crippen LogP contribution in [-0.4, -0.2) is 42.4 Å². The molecule has 0 unspecified atom stereocenters. The van der Waals surface area contributed by atoms with Crippen molar-refractivity contribution in [3.05, 3.63) is 47.1 Å². The van der Waals surface area contributed by atoms with Gasteiger partial charge in [0.1, 0.15) is 17.1 Å². The minimum absolute atomic E-state index is 0.0366. The van der Waals surface area contributed by atoms with Gasteiger partial charge in [-0.25, -0.2) is 14.3 Å². The molecule has 9 heteroatoms. The van der Waals surface area contributed by atoms with Crippen LogP contribution >= 0.6 is 0 Å². The van der Waals surface area contributed by atoms with Gasteiger partial charge in [0.05, 0.1) is 24.0 Å². The third-order valence-electron chi connectivity index (χ3n) is 4.73. The largest absolute Gasteiger partial charge is 0.488 e. The summed E-state index contributed by atoms with van der Waals surface area (Å²) < 4.78 is 13.5. The smallest absolute Gasteiger partial charge is 0.333 e. The standard InChI is InChI=1S/C19H18N6O3/c1-11-3-2-10-27-18-12(13-6-9-21-24-13)4-5-15(22-18)25-16-14(28-11)7-8-20-17(16)23-19(25)26/h4-9,11H,2-3,10H2,1H3,(H,21,24)(H,20,23,26)/t11-/m0/s1. The van der Waals surface area contributed by atoms with E-state index in [4.69, 9.17) is 9.47 Å². The van der Waals surface area contributed by atoms with Gasteiger partial charge in [-0.3, -0.25) is 10.1 Å². The van der Waals surface area contributed by atoms with E-state index in [0.29, 0.717) is 35.2 Å². The molecule has 5 heterocycles. The molecule has 0 fully saturated rings. The maximum Gasteiger partial charge on any atom is 0.333 e. The van der Waals surface area contributed by atoms with E-state index in [9.17, 15) is 4.79 Å². The molecule has 0 saturated heterocycles. The number of pyridine rings is 2. The first kappa shape index (κ1) is 16.5. The van der Waals surface area contributed by atoms with Gasteiger partial charge < -0.3 is 9.47 Å². The summed E-state index contributed by atoms with van der Waals surface area (Å²) in [5.74, 6) is 1.47. The molecule has 4 aromatic rings. The van der Waals surface area contributed by atoms with Crippen LogP contribution in [0.3, 0.4) is 0 Å². The van der Waals surface area contributed by atoms with Gasteiger partial charge in [0.2, 0.25) is 5.88 Å². The third kappa shape index (κ3) is 2.72. The molecular formula is C19H18N6O3. The van der Waals surface area contributed by atoms with Crippen LogP contribution in [0.5, 0.6) is 11.6 Å². The van der Waals surface area contributed by atoms with Crippen LogP contribution in [0.4, 0.5) is 0 Å². The number of fused-ring (bicyclic) bond motifs is 3. The van der Waals surface area contributed by atoms with Crippen molar-refractivity contribution in [1.82, 2.24) is 29.7 Å². The molecule has 2 N–H and O–H groups in total. The second kappa shape index (κ2) is 6.52. The van der Waals surface area contributed by atoms with Gasteiger partial charge in [-0.15, -0.1) is 0 Å². The zero-order valence-corrected chi connectivity index (χ0v) is 15.2. The van der Waals surface area contributed by atoms with Crippen LogP contribution in [0.25, 0.3) is 28.2 Å². The Kier molecular flexibility index (Phi) is 3.85. The molecule has 4 aromatic heterocycles. The van der Waals surface area contributed by atoms with E-state index >= 15 is 0 Å². The first-order valence-corrected chi connectivity index (χ1v) is 9.11. The Morgan fingerprint density at radius 3 is 3.00 bits per heavy atom. The number of hydrogen-bond acceptors (Lipinski definition) is 6. The van der Waals surface area contributed by atoms with Gasteiger partial charge in [0.25, 0.3) is 0 Å². The van der Waals surface area contributed by atoms with Gasteiger partial charge >= 0.3 is 5.69 Å². The summed E-state index contributed by atoms with van der Waals surface area (Å²) >= 11 is 0. The second-order valence-electron chi connectivity index (χ2n) is 6.68. The van der Waals surface area contributed by atoms with Gasteiger partial charge in [-0.1, -0.05) is 0 Å². The molecule has 0 aromatic carbocycles. The first-order chi connectivity index (χ1) is 13.7. The lowest BCUT2D eigenvalue weighted by Crippen LogP contribution is -2.19. The van der Waals surface area contributed by atoms with Crippen molar-refractivity contribution in [3.8, 4) is 28.7 Å². The Balaban J connectivity index is 1.76. The van der Waals surface area contributed by atoms with Crippen LogP contribution < -0.4 is 15.2 Å². The number of hydrogen-bond donors (Lipinski definition) is 2. The molecule has 0 saturated carbocycles. The van der Waals surface area contributed by atoms with Crippen molar-refractivity contribution in [3.63, 3.8) is 0 Å². The normalized spacial score (nSPS) is 16.7. The maximum atomic E-state index is 12.7. The van der Waals surface area contributed by atoms with E-state index < -0.39 is 0 Å². The first-order valence-electron chi connectivity index (χ1n) is 9.11. The Bertz CT molecular complexity index is 1190. The summed E-state index contributed by atoms with van der Waals surface area (Å²) in [6.07, 6.45) is 4.87. The van der Waals surface area contributed by atoms with E-state index in [2.05, 4.69) is 25.1 Å². The Morgan fingerprint density at radius 2 is 2.14 bits per heavy atom. The monoisotopic (exact) mass is 378 g/mol. The molecule has 0 radical (unpaired) electrons. The maximum absolute atomic E-state index is 12.7. The lowest BCUT2D eigenvalue weighted by molar-refractivity contribution is 0.193. The highest BCUT2D eigenvalue weighted by Gasteiger charge is 2.20. The highest BCUT2D eigenvalue weighted by molar-refractivity contribution is 5.80. The molecule has 1 aliphatic rings. The van der Waals surface area contributed by atoms with E-state index in [0.717, 1.165) is 24.1 Å². The minimum atomic E-state index is -0.337. The predicted molar refractivity (Wildman–Crippen MR) is 102 cm³/mol. The summed E-state index contributed by atoms with van der Waals surface area (Å²) in [7, 11) is 0. The van der Waals surface area contributed by atoms with Gasteiger partial charge in [-0.05, 0) is 38.0 Å². The van der Waals surface area contributed by atoms with Crippen LogP contribution in [0.2, 0.25) is 0 Å². The average Bonchev–Trinajstić information content (AvgIpc) is 3.32. The van der Waals surface area contributed by atoms with E-state index in [1.807, 2.05) is 19.1 Å². The topological polar surface area (TPSA) is 111 Å². The average molecular weight is 378 g/mol. The highest BCUT2D eigenvalue weighted by Crippen LogP contribution is 2.31. The molecule has 0 aliphatic carbocycles. The third-order valence-corrected chi connectivity index (χ3v) is 4.73. The zero-order chi connectivity index (χ0) is 19.1. The van der Waals surface area contributed by atoms with Crippen molar-refractivity contribution >= 4 is 11.2 Å². The molecule has 0 spiro atoms. The van der Waals surface area contributed by atoms with Crippen LogP contribution in [0.15, 0.2) is 41.5 Å². The molecule has 1 atom stereocenters. The molecule has 9 nitrogen and oxygen atoms in total. The summed E-state index contributed by atoms with van der Waals surface area (Å²) in [5, 5.41) is 6.93. The van der Waals surface area contributed by atoms with E-state index in [1.54, 1.807) is 24.5 Å². The minimum Gasteiger partial charge on any atom is -0.488 e. The quantitative estimate of drug-likeness (QED) is 0.526. The predicted octanol–water partition coefficient (Wildman–Crippen LogP) is 2.44. The van der Waals surface area contributed by atoms with Crippen LogP contribution in [-0.2, 0) is 0 Å². The van der Waals surface area contributed by atoms with E-state index in [-0.39, 0.29) is 11.8 Å². The fourth-order valence-corrected chi connectivity index (χ4v) is 3.41. The van der Waals surface area contributed by atoms with Crippen molar-refractivity contribution in [2.45, 2.75) is 25.9 Å². The molecule has 28 heavy (non-hydrogen) atoms. The fraction of sp³-hybridized carbons (Fsp3) is 0.263. The summed E-state index contributed by atoms with van der Waals surface area (Å²) in [4.78, 5) is 24.4. The summed E-state index contributed by atoms with van der Waals surface area (Å²) in [6, 6.07) is 7.25. The molecule has 1 aliphatic heterocycles. The number of imidazole rings is 1. The van der Waals surface area contributed by atoms with E-state index in [1.165, 1.54) is 4.57 Å². The number of nitrogens with zero attached hydrogens (tertiary/aromatic N) is 4. The highest BCUT2D eigenvalue weighted by atomic mass is 16.5. The number of aromatic amines is 2. The summed E-state index contributed by atoms with van der Waals surface area (Å²) in [6.45, 7) is 2.49. The van der Waals surface area contributed by atoms with Crippen LogP contribution in [0.1, 0.15) is 19.8 Å². The van der Waals surface area contributed by atoms with Gasteiger partial charge in [0.15, 0.2) is 5.65 Å². The Morgan fingerprint density at radius 1 is 1.21 bits per heavy atom. The number of ether oxygens (including phenoxy) is 2. The Hall–Kier alpha value is -3.62. The number of nitrogens with one attached hydrogen (secondary N) is 2. The van der Waals surface area contributed by atoms with Crippen molar-refractivity contribution in [1.29, 1.82) is 0 Å². The number of rotatable bonds is 1. The van der Waals surface area contributed by atoms with Crippen molar-refractivity contribution in [2.75, 3.05) is 6.61 Å². The number of H-pyrrole nitrogens is 2. The van der Waals surface area contributed by atoms with Gasteiger partial charge in [0, 0.05) is 18.5 Å². The van der Waals surface area contributed by atoms with Crippen LogP contribution in [0, 0.1) is 0 Å². The SMILES string of the molecule is C[C@H]1CCCOc2nc(ccc2-c2ccn[nH]2)-n2c(=O)[nH]c3nccc(c32)O1.